The Morgan fingerprint density at radius 1 is 0.935 bits per heavy atom. The molecule has 1 aromatic rings. The molecule has 1 fully saturated rings. The first-order chi connectivity index (χ1) is 22.2. The molecule has 0 spiro atoms. The number of hydrogen-bond donors (Lipinski definition) is 3. The third-order valence-corrected chi connectivity index (χ3v) is 6.97. The monoisotopic (exact) mass is 649 g/mol. The molecule has 1 heterocycles. The zero-order valence-corrected chi connectivity index (χ0v) is 27.6. The number of benzene rings is 1. The van der Waals surface area contributed by atoms with E-state index in [1.165, 1.54) is 0 Å². The van der Waals surface area contributed by atoms with Gasteiger partial charge in [-0.3, -0.25) is 19.7 Å². The molecule has 0 unspecified atom stereocenters. The number of amides is 3. The van der Waals surface area contributed by atoms with Crippen molar-refractivity contribution in [2.45, 2.75) is 65.6 Å². The number of amidine groups is 1. The Morgan fingerprint density at radius 2 is 1.59 bits per heavy atom. The van der Waals surface area contributed by atoms with E-state index in [2.05, 4.69) is 15.6 Å². The number of rotatable bonds is 21. The summed E-state index contributed by atoms with van der Waals surface area (Å²) in [7, 11) is 0. The van der Waals surface area contributed by atoms with Crippen molar-refractivity contribution in [3.05, 3.63) is 35.4 Å². The van der Waals surface area contributed by atoms with E-state index in [9.17, 15) is 19.2 Å². The van der Waals surface area contributed by atoms with Crippen molar-refractivity contribution in [3.8, 4) is 0 Å². The Bertz CT molecular complexity index is 1110. The molecular formula is C32H51N5O9. The minimum atomic E-state index is -0.826. The van der Waals surface area contributed by atoms with Crippen molar-refractivity contribution < 1.29 is 42.9 Å². The Morgan fingerprint density at radius 3 is 2.22 bits per heavy atom. The van der Waals surface area contributed by atoms with Gasteiger partial charge in [-0.2, -0.15) is 4.99 Å². The van der Waals surface area contributed by atoms with Gasteiger partial charge in [0.05, 0.1) is 52.2 Å². The Hall–Kier alpha value is -3.59. The van der Waals surface area contributed by atoms with Gasteiger partial charge in [0.15, 0.2) is 0 Å². The molecule has 1 aliphatic heterocycles. The summed E-state index contributed by atoms with van der Waals surface area (Å²) in [5.74, 6) is -0.661. The van der Waals surface area contributed by atoms with Gasteiger partial charge in [-0.15, -0.1) is 0 Å². The number of carbonyl (C=O) groups is 4. The van der Waals surface area contributed by atoms with Crippen molar-refractivity contribution in [1.29, 1.82) is 0 Å². The lowest BCUT2D eigenvalue weighted by molar-refractivity contribution is -0.143. The van der Waals surface area contributed by atoms with Crippen LogP contribution in [0.2, 0.25) is 0 Å². The molecule has 1 aromatic carbocycles. The van der Waals surface area contributed by atoms with Crippen LogP contribution >= 0.6 is 0 Å². The SMILES string of the molecule is CCOCCOCCOCCOC(=O)N=C(N)c1ccc(CNC(=O)[C@@H]2CCCN2C(=O)[C@@H](CC(C)C)NCC(=O)OCC)cc1. The summed E-state index contributed by atoms with van der Waals surface area (Å²) in [5.41, 5.74) is 7.30. The molecule has 0 saturated carbocycles. The van der Waals surface area contributed by atoms with Gasteiger partial charge < -0.3 is 39.6 Å². The molecule has 0 aliphatic carbocycles. The van der Waals surface area contributed by atoms with E-state index in [4.69, 9.17) is 29.4 Å². The van der Waals surface area contributed by atoms with E-state index >= 15 is 0 Å². The number of likely N-dealkylation sites (tertiary alicyclic amines) is 1. The number of ether oxygens (including phenoxy) is 5. The summed E-state index contributed by atoms with van der Waals surface area (Å²) < 4.78 is 25.8. The van der Waals surface area contributed by atoms with Crippen LogP contribution in [0.1, 0.15) is 58.1 Å². The van der Waals surface area contributed by atoms with Crippen molar-refractivity contribution in [3.63, 3.8) is 0 Å². The van der Waals surface area contributed by atoms with Crippen LogP contribution in [0.4, 0.5) is 4.79 Å². The molecule has 14 heteroatoms. The van der Waals surface area contributed by atoms with E-state index in [1.807, 2.05) is 20.8 Å². The summed E-state index contributed by atoms with van der Waals surface area (Å²) in [6, 6.07) is 5.74. The number of esters is 1. The largest absolute Gasteiger partial charge is 0.465 e. The van der Waals surface area contributed by atoms with Crippen molar-refractivity contribution in [2.75, 3.05) is 65.9 Å². The van der Waals surface area contributed by atoms with E-state index in [1.54, 1.807) is 36.1 Å². The first-order valence-electron chi connectivity index (χ1n) is 16.0. The van der Waals surface area contributed by atoms with Gasteiger partial charge in [0.25, 0.3) is 0 Å². The number of hydrogen-bond acceptors (Lipinski definition) is 10. The van der Waals surface area contributed by atoms with Gasteiger partial charge in [0.1, 0.15) is 18.5 Å². The minimum absolute atomic E-state index is 0.00294. The fraction of sp³-hybridized carbons (Fsp3) is 0.656. The summed E-state index contributed by atoms with van der Waals surface area (Å²) >= 11 is 0. The van der Waals surface area contributed by atoms with E-state index in [0.29, 0.717) is 64.4 Å². The predicted molar refractivity (Wildman–Crippen MR) is 171 cm³/mol. The summed E-state index contributed by atoms with van der Waals surface area (Å²) in [4.78, 5) is 55.8. The molecule has 2 atom stereocenters. The maximum atomic E-state index is 13.4. The number of nitrogens with one attached hydrogen (secondary N) is 2. The van der Waals surface area contributed by atoms with Gasteiger partial charge in [-0.1, -0.05) is 38.1 Å². The summed E-state index contributed by atoms with van der Waals surface area (Å²) in [5, 5.41) is 5.94. The molecule has 3 amide bonds. The van der Waals surface area contributed by atoms with E-state index < -0.39 is 24.1 Å². The smallest absolute Gasteiger partial charge is 0.435 e. The van der Waals surface area contributed by atoms with E-state index in [0.717, 1.165) is 5.56 Å². The molecular weight excluding hydrogens is 598 g/mol. The highest BCUT2D eigenvalue weighted by atomic mass is 16.6. The fourth-order valence-electron chi connectivity index (χ4n) is 4.73. The van der Waals surface area contributed by atoms with Crippen molar-refractivity contribution >= 4 is 29.7 Å². The van der Waals surface area contributed by atoms with Crippen molar-refractivity contribution in [1.82, 2.24) is 15.5 Å². The molecule has 0 radical (unpaired) electrons. The van der Waals surface area contributed by atoms with Crippen LogP contribution < -0.4 is 16.4 Å². The minimum Gasteiger partial charge on any atom is -0.465 e. The third-order valence-electron chi connectivity index (χ3n) is 6.97. The van der Waals surface area contributed by atoms with Crippen LogP contribution in [0.5, 0.6) is 0 Å². The number of nitrogens with two attached hydrogens (primary N) is 1. The molecule has 258 valence electrons. The molecule has 2 rings (SSSR count). The zero-order chi connectivity index (χ0) is 33.7. The topological polar surface area (TPSA) is 180 Å². The summed E-state index contributed by atoms with van der Waals surface area (Å²) in [6.07, 6.45) is 0.970. The lowest BCUT2D eigenvalue weighted by Crippen LogP contribution is -2.53. The standard InChI is InChI=1S/C32H51N5O9/c1-5-42-14-15-43-16-17-44-18-19-46-32(41)36-29(33)25-11-9-24(10-12-25)21-35-30(39)27-8-7-13-37(27)31(40)26(20-23(3)4)34-22-28(38)45-6-2/h9-12,23,26-27,34H,5-8,13-22H2,1-4H3,(H,35,39)(H2,33,36,41)/t26-,27+/m1/s1. The lowest BCUT2D eigenvalue weighted by atomic mass is 10.0. The first kappa shape index (κ1) is 38.6. The molecule has 4 N–H and O–H groups in total. The Balaban J connectivity index is 1.80. The van der Waals surface area contributed by atoms with Gasteiger partial charge in [0, 0.05) is 25.3 Å². The second-order valence-electron chi connectivity index (χ2n) is 11.0. The van der Waals surface area contributed by atoms with Gasteiger partial charge in [-0.25, -0.2) is 4.79 Å². The van der Waals surface area contributed by atoms with Crippen LogP contribution in [0.3, 0.4) is 0 Å². The first-order valence-corrected chi connectivity index (χ1v) is 16.0. The predicted octanol–water partition coefficient (Wildman–Crippen LogP) is 1.77. The number of aliphatic imine (C=N–C) groups is 1. The van der Waals surface area contributed by atoms with E-state index in [-0.39, 0.29) is 56.5 Å². The molecule has 14 nitrogen and oxygen atoms in total. The van der Waals surface area contributed by atoms with Gasteiger partial charge in [-0.05, 0) is 44.6 Å². The highest BCUT2D eigenvalue weighted by Gasteiger charge is 2.37. The van der Waals surface area contributed by atoms with Gasteiger partial charge >= 0.3 is 12.1 Å². The highest BCUT2D eigenvalue weighted by Crippen LogP contribution is 2.21. The molecule has 46 heavy (non-hydrogen) atoms. The second kappa shape index (κ2) is 22.0. The zero-order valence-electron chi connectivity index (χ0n) is 27.6. The lowest BCUT2D eigenvalue weighted by Gasteiger charge is -2.29. The maximum absolute atomic E-state index is 13.4. The average molecular weight is 650 g/mol. The summed E-state index contributed by atoms with van der Waals surface area (Å²) in [6.45, 7) is 11.2. The normalized spacial score (nSPS) is 15.5. The quantitative estimate of drug-likeness (QED) is 0.0765. The number of carbonyl (C=O) groups excluding carboxylic acids is 4. The molecule has 1 aliphatic rings. The third kappa shape index (κ3) is 14.7. The van der Waals surface area contributed by atoms with Crippen LogP contribution in [0, 0.1) is 5.92 Å². The van der Waals surface area contributed by atoms with Crippen LogP contribution in [-0.2, 0) is 44.6 Å². The Kier molecular flexibility index (Phi) is 18.5. The fourth-order valence-corrected chi connectivity index (χ4v) is 4.73. The molecule has 1 saturated heterocycles. The highest BCUT2D eigenvalue weighted by molar-refractivity contribution is 6.02. The maximum Gasteiger partial charge on any atom is 0.435 e. The van der Waals surface area contributed by atoms with Crippen LogP contribution in [0.25, 0.3) is 0 Å². The average Bonchev–Trinajstić information content (AvgIpc) is 3.53. The van der Waals surface area contributed by atoms with Crippen LogP contribution in [-0.4, -0.2) is 113 Å². The molecule has 0 aromatic heterocycles. The van der Waals surface area contributed by atoms with Crippen LogP contribution in [0.15, 0.2) is 29.3 Å². The van der Waals surface area contributed by atoms with Crippen molar-refractivity contribution in [2.24, 2.45) is 16.6 Å². The number of nitrogens with zero attached hydrogens (tertiary/aromatic N) is 2. The van der Waals surface area contributed by atoms with Gasteiger partial charge in [0.2, 0.25) is 11.8 Å². The molecule has 0 bridgehead atoms. The second-order valence-corrected chi connectivity index (χ2v) is 11.0. The Labute approximate surface area is 271 Å².